The molecule has 0 amide bonds. The highest BCUT2D eigenvalue weighted by atomic mass is 19.4. The lowest BCUT2D eigenvalue weighted by Gasteiger charge is -2.19. The van der Waals surface area contributed by atoms with Crippen LogP contribution in [-0.2, 0) is 12.7 Å². The molecule has 6 nitrogen and oxygen atoms in total. The van der Waals surface area contributed by atoms with Crippen molar-refractivity contribution in [2.75, 3.05) is 20.7 Å². The summed E-state index contributed by atoms with van der Waals surface area (Å²) in [5.41, 5.74) is -1.18. The summed E-state index contributed by atoms with van der Waals surface area (Å²) in [4.78, 5) is 14.9. The number of hydrogen-bond donors (Lipinski definition) is 1. The number of phenols is 1. The Morgan fingerprint density at radius 3 is 2.34 bits per heavy atom. The van der Waals surface area contributed by atoms with E-state index in [9.17, 15) is 23.1 Å². The van der Waals surface area contributed by atoms with Crippen molar-refractivity contribution in [3.63, 3.8) is 0 Å². The largest absolute Gasteiger partial charge is 0.507 e. The van der Waals surface area contributed by atoms with Gasteiger partial charge in [-0.15, -0.1) is 0 Å². The number of unbranched alkanes of at least 4 members (excludes halogenated alkanes) is 1. The van der Waals surface area contributed by atoms with Gasteiger partial charge in [0.1, 0.15) is 22.8 Å². The van der Waals surface area contributed by atoms with Gasteiger partial charge in [0.05, 0.1) is 18.1 Å². The molecule has 2 aromatic carbocycles. The van der Waals surface area contributed by atoms with Crippen molar-refractivity contribution in [3.8, 4) is 23.0 Å². The van der Waals surface area contributed by atoms with E-state index in [4.69, 9.17) is 13.9 Å². The van der Waals surface area contributed by atoms with E-state index in [1.807, 2.05) is 11.8 Å². The molecule has 1 heterocycles. The first-order chi connectivity index (χ1) is 15.2. The number of methoxy groups -OCH3 is 1. The van der Waals surface area contributed by atoms with Gasteiger partial charge in [0, 0.05) is 6.54 Å². The Bertz CT molecular complexity index is 1140. The normalized spacial score (nSPS) is 11.8. The molecule has 1 N–H and O–H groups in total. The summed E-state index contributed by atoms with van der Waals surface area (Å²) in [5.74, 6) is -2.28. The molecule has 172 valence electrons. The van der Waals surface area contributed by atoms with E-state index in [1.54, 1.807) is 7.05 Å². The first-order valence-electron chi connectivity index (χ1n) is 10.0. The van der Waals surface area contributed by atoms with Gasteiger partial charge in [-0.1, -0.05) is 13.3 Å². The number of alkyl halides is 3. The summed E-state index contributed by atoms with van der Waals surface area (Å²) >= 11 is 0. The number of hydrogen-bond acceptors (Lipinski definition) is 6. The number of rotatable bonds is 8. The van der Waals surface area contributed by atoms with Crippen LogP contribution in [-0.4, -0.2) is 30.7 Å². The van der Waals surface area contributed by atoms with Gasteiger partial charge in [-0.3, -0.25) is 4.79 Å². The van der Waals surface area contributed by atoms with Crippen LogP contribution in [0.1, 0.15) is 31.1 Å². The van der Waals surface area contributed by atoms with Gasteiger partial charge >= 0.3 is 6.18 Å². The number of ether oxygens (including phenoxy) is 2. The van der Waals surface area contributed by atoms with E-state index in [0.717, 1.165) is 12.8 Å². The fourth-order valence-electron chi connectivity index (χ4n) is 3.26. The third-order valence-electron chi connectivity index (χ3n) is 4.96. The minimum Gasteiger partial charge on any atom is -0.507 e. The highest BCUT2D eigenvalue weighted by Crippen LogP contribution is 2.40. The Hall–Kier alpha value is -3.20. The molecule has 0 aliphatic rings. The van der Waals surface area contributed by atoms with Crippen molar-refractivity contribution >= 4 is 11.0 Å². The zero-order valence-corrected chi connectivity index (χ0v) is 18.0. The van der Waals surface area contributed by atoms with Gasteiger partial charge in [0.15, 0.2) is 0 Å². The number of aromatic hydroxyl groups is 1. The topological polar surface area (TPSA) is 72.1 Å². The molecule has 32 heavy (non-hydrogen) atoms. The van der Waals surface area contributed by atoms with Crippen molar-refractivity contribution in [1.82, 2.24) is 4.90 Å². The Balaban J connectivity index is 2.15. The van der Waals surface area contributed by atoms with Crippen LogP contribution in [0, 0.1) is 0 Å². The molecule has 0 aliphatic heterocycles. The summed E-state index contributed by atoms with van der Waals surface area (Å²) in [6.45, 7) is 2.80. The molecule has 0 unspecified atom stereocenters. The molecular formula is C23H24F3NO5. The standard InChI is InChI=1S/C23H24F3NO5/c1-4-5-12-27(2)13-17-18(28)11-10-16-19(29)21(22(23(24,25)26)32-20(16)17)31-15-8-6-14(30-3)7-9-15/h6-11,28H,4-5,12-13H2,1-3H3. The highest BCUT2D eigenvalue weighted by molar-refractivity contribution is 5.83. The molecule has 0 aliphatic carbocycles. The number of phenolic OH excluding ortho intramolecular Hbond substituents is 1. The Morgan fingerprint density at radius 2 is 1.75 bits per heavy atom. The van der Waals surface area contributed by atoms with E-state index >= 15 is 0 Å². The third kappa shape index (κ3) is 4.99. The van der Waals surface area contributed by atoms with Crippen molar-refractivity contribution < 1.29 is 32.2 Å². The van der Waals surface area contributed by atoms with Crippen LogP contribution in [0.5, 0.6) is 23.0 Å². The summed E-state index contributed by atoms with van der Waals surface area (Å²) < 4.78 is 57.1. The Kier molecular flexibility index (Phi) is 6.98. The number of nitrogens with zero attached hydrogens (tertiary/aromatic N) is 1. The molecule has 3 aromatic rings. The maximum Gasteiger partial charge on any atom is 0.453 e. The van der Waals surface area contributed by atoms with Gasteiger partial charge in [-0.05, 0) is 56.4 Å². The van der Waals surface area contributed by atoms with Gasteiger partial charge in [-0.25, -0.2) is 0 Å². The fraction of sp³-hybridized carbons (Fsp3) is 0.348. The average Bonchev–Trinajstić information content (AvgIpc) is 2.75. The third-order valence-corrected chi connectivity index (χ3v) is 4.96. The smallest absolute Gasteiger partial charge is 0.453 e. The van der Waals surface area contributed by atoms with Gasteiger partial charge in [0.2, 0.25) is 11.2 Å². The Morgan fingerprint density at radius 1 is 1.09 bits per heavy atom. The monoisotopic (exact) mass is 451 g/mol. The van der Waals surface area contributed by atoms with E-state index in [2.05, 4.69) is 0 Å². The average molecular weight is 451 g/mol. The molecule has 0 saturated carbocycles. The van der Waals surface area contributed by atoms with Crippen LogP contribution >= 0.6 is 0 Å². The van der Waals surface area contributed by atoms with E-state index in [0.29, 0.717) is 12.3 Å². The minimum absolute atomic E-state index is 0.0150. The fourth-order valence-corrected chi connectivity index (χ4v) is 3.26. The zero-order valence-electron chi connectivity index (χ0n) is 18.0. The lowest BCUT2D eigenvalue weighted by atomic mass is 10.1. The van der Waals surface area contributed by atoms with Crippen LogP contribution in [0.4, 0.5) is 13.2 Å². The SMILES string of the molecule is CCCCN(C)Cc1c(O)ccc2c(=O)c(Oc3ccc(OC)cc3)c(C(F)(F)F)oc12. The molecule has 0 atom stereocenters. The summed E-state index contributed by atoms with van der Waals surface area (Å²) in [6.07, 6.45) is -3.18. The summed E-state index contributed by atoms with van der Waals surface area (Å²) in [7, 11) is 3.22. The van der Waals surface area contributed by atoms with Crippen LogP contribution in [0.3, 0.4) is 0 Å². The van der Waals surface area contributed by atoms with Gasteiger partial charge < -0.3 is 23.9 Å². The second-order valence-electron chi connectivity index (χ2n) is 7.40. The quantitative estimate of drug-likeness (QED) is 0.484. The van der Waals surface area contributed by atoms with Gasteiger partial charge in [0.25, 0.3) is 5.76 Å². The second-order valence-corrected chi connectivity index (χ2v) is 7.40. The zero-order chi connectivity index (χ0) is 23.5. The summed E-state index contributed by atoms with van der Waals surface area (Å²) in [6, 6.07) is 8.25. The predicted molar refractivity (Wildman–Crippen MR) is 113 cm³/mol. The predicted octanol–water partition coefficient (Wildman–Crippen LogP) is 5.55. The number of fused-ring (bicyclic) bond motifs is 1. The van der Waals surface area contributed by atoms with Crippen LogP contribution < -0.4 is 14.9 Å². The van der Waals surface area contributed by atoms with Gasteiger partial charge in [-0.2, -0.15) is 13.2 Å². The second kappa shape index (κ2) is 9.52. The van der Waals surface area contributed by atoms with Crippen LogP contribution in [0.15, 0.2) is 45.6 Å². The maximum atomic E-state index is 13.8. The van der Waals surface area contributed by atoms with E-state index in [1.165, 1.54) is 43.5 Å². The van der Waals surface area contributed by atoms with Crippen molar-refractivity contribution in [2.45, 2.75) is 32.5 Å². The van der Waals surface area contributed by atoms with E-state index in [-0.39, 0.29) is 34.6 Å². The molecule has 0 radical (unpaired) electrons. The molecule has 9 heteroatoms. The Labute approximate surface area is 182 Å². The first-order valence-corrected chi connectivity index (χ1v) is 10.0. The van der Waals surface area contributed by atoms with Crippen molar-refractivity contribution in [1.29, 1.82) is 0 Å². The van der Waals surface area contributed by atoms with Crippen molar-refractivity contribution in [2.24, 2.45) is 0 Å². The lowest BCUT2D eigenvalue weighted by Crippen LogP contribution is -2.20. The lowest BCUT2D eigenvalue weighted by molar-refractivity contribution is -0.154. The molecule has 1 aromatic heterocycles. The molecule has 0 bridgehead atoms. The summed E-state index contributed by atoms with van der Waals surface area (Å²) in [5, 5.41) is 10.2. The highest BCUT2D eigenvalue weighted by Gasteiger charge is 2.41. The van der Waals surface area contributed by atoms with Crippen LogP contribution in [0.25, 0.3) is 11.0 Å². The van der Waals surface area contributed by atoms with Crippen molar-refractivity contribution in [3.05, 3.63) is 57.9 Å². The number of benzene rings is 2. The van der Waals surface area contributed by atoms with Crippen LogP contribution in [0.2, 0.25) is 0 Å². The molecule has 3 rings (SSSR count). The minimum atomic E-state index is -4.99. The molecule has 0 spiro atoms. The maximum absolute atomic E-state index is 13.8. The molecule has 0 saturated heterocycles. The molecule has 0 fully saturated rings. The number of halogens is 3. The molecular weight excluding hydrogens is 427 g/mol. The first kappa shape index (κ1) is 23.5. The van der Waals surface area contributed by atoms with E-state index < -0.39 is 23.1 Å².